The molecule has 5 nitrogen and oxygen atoms in total. The zero-order valence-corrected chi connectivity index (χ0v) is 19.2. The van der Waals surface area contributed by atoms with Crippen LogP contribution in [0.5, 0.6) is 0 Å². The van der Waals surface area contributed by atoms with Gasteiger partial charge in [-0.2, -0.15) is 23.4 Å². The second kappa shape index (κ2) is 9.17. The number of halogens is 3. The Labute approximate surface area is 201 Å². The number of carbonyl (C=O) groups is 1. The number of benzene rings is 2. The zero-order chi connectivity index (χ0) is 24.6. The molecular weight excluding hydrogens is 453 g/mol. The molecule has 0 spiro atoms. The fourth-order valence-electron chi connectivity index (χ4n) is 4.95. The lowest BCUT2D eigenvalue weighted by Crippen LogP contribution is -2.34. The van der Waals surface area contributed by atoms with Crippen molar-refractivity contribution in [2.75, 3.05) is 0 Å². The first-order valence-corrected chi connectivity index (χ1v) is 11.6. The SMILES string of the molecule is Cc1cc(C(F)(F)F)nn1CC(=O)N1N=C2/C(=C/c3ccccc3)CCCC2C1c1ccccc1. The van der Waals surface area contributed by atoms with Crippen molar-refractivity contribution in [3.05, 3.63) is 94.8 Å². The van der Waals surface area contributed by atoms with E-state index >= 15 is 0 Å². The zero-order valence-electron chi connectivity index (χ0n) is 19.2. The quantitative estimate of drug-likeness (QED) is 0.460. The molecule has 1 aliphatic heterocycles. The van der Waals surface area contributed by atoms with Crippen LogP contribution in [0, 0.1) is 12.8 Å². The summed E-state index contributed by atoms with van der Waals surface area (Å²) >= 11 is 0. The van der Waals surface area contributed by atoms with Crippen LogP contribution in [0.3, 0.4) is 0 Å². The fourth-order valence-corrected chi connectivity index (χ4v) is 4.95. The van der Waals surface area contributed by atoms with E-state index in [9.17, 15) is 18.0 Å². The number of hydrazone groups is 1. The van der Waals surface area contributed by atoms with Crippen molar-refractivity contribution in [1.29, 1.82) is 0 Å². The minimum Gasteiger partial charge on any atom is -0.271 e. The van der Waals surface area contributed by atoms with Gasteiger partial charge in [0.05, 0.1) is 11.8 Å². The summed E-state index contributed by atoms with van der Waals surface area (Å²) in [6.45, 7) is 1.20. The first-order chi connectivity index (χ1) is 16.8. The predicted molar refractivity (Wildman–Crippen MR) is 127 cm³/mol. The summed E-state index contributed by atoms with van der Waals surface area (Å²) < 4.78 is 40.5. The van der Waals surface area contributed by atoms with Crippen LogP contribution in [0.15, 0.2) is 77.4 Å². The van der Waals surface area contributed by atoms with Gasteiger partial charge in [-0.15, -0.1) is 0 Å². The maximum Gasteiger partial charge on any atom is 0.435 e. The van der Waals surface area contributed by atoms with Gasteiger partial charge < -0.3 is 0 Å². The first kappa shape index (κ1) is 23.1. The summed E-state index contributed by atoms with van der Waals surface area (Å²) in [6, 6.07) is 20.3. The van der Waals surface area contributed by atoms with Gasteiger partial charge in [0.15, 0.2) is 5.69 Å². The molecule has 0 saturated heterocycles. The summed E-state index contributed by atoms with van der Waals surface area (Å²) in [5.74, 6) is -0.366. The maximum atomic E-state index is 13.5. The number of hydrogen-bond acceptors (Lipinski definition) is 3. The Hall–Kier alpha value is -3.68. The Morgan fingerprint density at radius 3 is 2.43 bits per heavy atom. The van der Waals surface area contributed by atoms with Crippen LogP contribution in [0.4, 0.5) is 13.2 Å². The molecule has 1 amide bonds. The van der Waals surface area contributed by atoms with Crippen LogP contribution in [-0.2, 0) is 17.5 Å². The number of alkyl halides is 3. The van der Waals surface area contributed by atoms with Crippen molar-refractivity contribution in [3.8, 4) is 0 Å². The van der Waals surface area contributed by atoms with E-state index in [0.29, 0.717) is 0 Å². The van der Waals surface area contributed by atoms with Gasteiger partial charge in [-0.1, -0.05) is 60.7 Å². The molecule has 2 unspecified atom stereocenters. The molecular formula is C27H25F3N4O. The number of allylic oxidation sites excluding steroid dienone is 1. The average molecular weight is 479 g/mol. The van der Waals surface area contributed by atoms with E-state index in [1.807, 2.05) is 60.7 Å². The van der Waals surface area contributed by atoms with Gasteiger partial charge in [-0.25, -0.2) is 5.01 Å². The molecule has 1 saturated carbocycles. The highest BCUT2D eigenvalue weighted by atomic mass is 19.4. The normalized spacial score (nSPS) is 21.2. The highest BCUT2D eigenvalue weighted by Crippen LogP contribution is 2.44. The summed E-state index contributed by atoms with van der Waals surface area (Å²) in [7, 11) is 0. The fraction of sp³-hybridized carbons (Fsp3) is 0.296. The van der Waals surface area contributed by atoms with Crippen LogP contribution in [0.25, 0.3) is 6.08 Å². The Morgan fingerprint density at radius 2 is 1.77 bits per heavy atom. The molecule has 180 valence electrons. The van der Waals surface area contributed by atoms with E-state index in [1.165, 1.54) is 11.9 Å². The van der Waals surface area contributed by atoms with E-state index in [2.05, 4.69) is 11.2 Å². The van der Waals surface area contributed by atoms with Gasteiger partial charge in [-0.3, -0.25) is 9.48 Å². The Balaban J connectivity index is 1.50. The van der Waals surface area contributed by atoms with Crippen molar-refractivity contribution in [1.82, 2.24) is 14.8 Å². The number of carbonyl (C=O) groups excluding carboxylic acids is 1. The Bertz CT molecular complexity index is 1280. The molecule has 0 N–H and O–H groups in total. The molecule has 0 radical (unpaired) electrons. The van der Waals surface area contributed by atoms with E-state index in [1.54, 1.807) is 0 Å². The van der Waals surface area contributed by atoms with Crippen molar-refractivity contribution in [2.24, 2.45) is 11.0 Å². The first-order valence-electron chi connectivity index (χ1n) is 11.6. The molecule has 1 aliphatic carbocycles. The summed E-state index contributed by atoms with van der Waals surface area (Å²) in [4.78, 5) is 13.5. The number of aryl methyl sites for hydroxylation is 1. The highest BCUT2D eigenvalue weighted by Gasteiger charge is 2.44. The van der Waals surface area contributed by atoms with Gasteiger partial charge in [0.2, 0.25) is 0 Å². The number of rotatable bonds is 4. The average Bonchev–Trinajstić information content (AvgIpc) is 3.42. The standard InChI is InChI=1S/C27H25F3N4O/c1-18-15-23(27(28,29)30)31-33(18)17-24(35)34-26(20-11-6-3-7-12-20)22-14-8-13-21(25(22)32-34)16-19-9-4-2-5-10-19/h2-7,9-12,15-16,22,26H,8,13-14,17H2,1H3/b21-16+. The number of amides is 1. The minimum absolute atomic E-state index is 0.0227. The lowest BCUT2D eigenvalue weighted by atomic mass is 9.77. The number of hydrogen-bond donors (Lipinski definition) is 0. The summed E-state index contributed by atoms with van der Waals surface area (Å²) in [5.41, 5.74) is 3.28. The molecule has 1 aromatic heterocycles. The molecule has 5 rings (SSSR count). The number of nitrogens with zero attached hydrogens (tertiary/aromatic N) is 4. The molecule has 8 heteroatoms. The Kier molecular flexibility index (Phi) is 6.05. The van der Waals surface area contributed by atoms with Crippen molar-refractivity contribution < 1.29 is 18.0 Å². The van der Waals surface area contributed by atoms with Gasteiger partial charge in [0, 0.05) is 11.6 Å². The number of fused-ring (bicyclic) bond motifs is 1. The molecule has 1 fully saturated rings. The lowest BCUT2D eigenvalue weighted by molar-refractivity contribution is -0.142. The molecule has 2 aliphatic rings. The summed E-state index contributed by atoms with van der Waals surface area (Å²) in [6.07, 6.45) is 0.273. The summed E-state index contributed by atoms with van der Waals surface area (Å²) in [5, 5.41) is 9.90. The smallest absolute Gasteiger partial charge is 0.271 e. The van der Waals surface area contributed by atoms with Gasteiger partial charge in [0.25, 0.3) is 5.91 Å². The molecule has 3 aromatic rings. The van der Waals surface area contributed by atoms with E-state index in [0.717, 1.165) is 52.4 Å². The van der Waals surface area contributed by atoms with Gasteiger partial charge >= 0.3 is 6.18 Å². The van der Waals surface area contributed by atoms with E-state index < -0.39 is 11.9 Å². The van der Waals surface area contributed by atoms with E-state index in [4.69, 9.17) is 5.10 Å². The van der Waals surface area contributed by atoms with Gasteiger partial charge in [0.1, 0.15) is 6.54 Å². The van der Waals surface area contributed by atoms with Gasteiger partial charge in [-0.05, 0) is 55.0 Å². The predicted octanol–water partition coefficient (Wildman–Crippen LogP) is 6.03. The van der Waals surface area contributed by atoms with Crippen molar-refractivity contribution in [2.45, 2.75) is 44.9 Å². The van der Waals surface area contributed by atoms with Crippen molar-refractivity contribution in [3.63, 3.8) is 0 Å². The second-order valence-corrected chi connectivity index (χ2v) is 8.98. The molecule has 2 heterocycles. The third-order valence-corrected chi connectivity index (χ3v) is 6.60. The maximum absolute atomic E-state index is 13.5. The van der Waals surface area contributed by atoms with Crippen LogP contribution < -0.4 is 0 Å². The second-order valence-electron chi connectivity index (χ2n) is 8.98. The lowest BCUT2D eigenvalue weighted by Gasteiger charge is -2.29. The van der Waals surface area contributed by atoms with Crippen LogP contribution in [-0.4, -0.2) is 26.4 Å². The monoisotopic (exact) mass is 478 g/mol. The van der Waals surface area contributed by atoms with Crippen LogP contribution in [0.2, 0.25) is 0 Å². The largest absolute Gasteiger partial charge is 0.435 e. The Morgan fingerprint density at radius 1 is 1.09 bits per heavy atom. The molecule has 0 bridgehead atoms. The topological polar surface area (TPSA) is 50.5 Å². The third-order valence-electron chi connectivity index (χ3n) is 6.60. The molecule has 2 atom stereocenters. The highest BCUT2D eigenvalue weighted by molar-refractivity contribution is 6.08. The third kappa shape index (κ3) is 4.65. The van der Waals surface area contributed by atoms with E-state index in [-0.39, 0.29) is 30.1 Å². The molecule has 2 aromatic carbocycles. The molecule has 35 heavy (non-hydrogen) atoms. The van der Waals surface area contributed by atoms with Crippen LogP contribution in [0.1, 0.15) is 47.8 Å². The minimum atomic E-state index is -4.56. The number of aromatic nitrogens is 2. The van der Waals surface area contributed by atoms with Crippen molar-refractivity contribution >= 4 is 17.7 Å². The van der Waals surface area contributed by atoms with Crippen LogP contribution >= 0.6 is 0 Å².